The first-order valence-corrected chi connectivity index (χ1v) is 4.30. The van der Waals surface area contributed by atoms with E-state index in [2.05, 4.69) is 10.2 Å². The average Bonchev–Trinajstić information content (AvgIpc) is 2.67. The summed E-state index contributed by atoms with van der Waals surface area (Å²) < 4.78 is 37.6. The van der Waals surface area contributed by atoms with E-state index >= 15 is 0 Å². The number of rotatable bonds is 3. The molecule has 0 saturated carbocycles. The van der Waals surface area contributed by atoms with Crippen LogP contribution in [0.2, 0.25) is 0 Å². The number of hydrogen-bond donors (Lipinski definition) is 3. The van der Waals surface area contributed by atoms with Crippen LogP contribution >= 0.6 is 0 Å². The summed E-state index contributed by atoms with van der Waals surface area (Å²) in [7, 11) is 0. The Balaban J connectivity index is 2.97. The van der Waals surface area contributed by atoms with Crippen molar-refractivity contribution in [3.8, 4) is 0 Å². The lowest BCUT2D eigenvalue weighted by Gasteiger charge is -2.28. The van der Waals surface area contributed by atoms with Gasteiger partial charge < -0.3 is 10.4 Å². The molecule has 6 nitrogen and oxygen atoms in total. The number of aliphatic carboxylic acids is 1. The van der Waals surface area contributed by atoms with Crippen LogP contribution in [0.3, 0.4) is 0 Å². The Morgan fingerprint density at radius 1 is 1.47 bits per heavy atom. The van der Waals surface area contributed by atoms with E-state index in [1.165, 1.54) is 5.32 Å². The molecule has 0 aliphatic carbocycles. The zero-order valence-electron chi connectivity index (χ0n) is 8.50. The molecule has 0 bridgehead atoms. The van der Waals surface area contributed by atoms with Crippen LogP contribution in [0.15, 0.2) is 12.3 Å². The normalized spacial score (nSPS) is 15.1. The number of carbonyl (C=O) groups is 2. The number of amides is 1. The van der Waals surface area contributed by atoms with E-state index in [4.69, 9.17) is 5.11 Å². The van der Waals surface area contributed by atoms with Gasteiger partial charge in [-0.25, -0.2) is 4.79 Å². The first-order chi connectivity index (χ1) is 7.68. The van der Waals surface area contributed by atoms with Gasteiger partial charge in [0.25, 0.3) is 5.91 Å². The average molecular weight is 251 g/mol. The predicted molar refractivity (Wildman–Crippen MR) is 48.1 cm³/mol. The molecular weight excluding hydrogens is 243 g/mol. The minimum absolute atomic E-state index is 0.262. The SMILES string of the molecule is CC(NC(=O)c1ccn[nH]1)(C(=O)O)C(F)(F)F. The second-order valence-electron chi connectivity index (χ2n) is 3.35. The van der Waals surface area contributed by atoms with Crippen molar-refractivity contribution in [2.75, 3.05) is 0 Å². The summed E-state index contributed by atoms with van der Waals surface area (Å²) in [5.74, 6) is -3.40. The van der Waals surface area contributed by atoms with Gasteiger partial charge in [-0.1, -0.05) is 0 Å². The Bertz CT molecular complexity index is 429. The van der Waals surface area contributed by atoms with Gasteiger partial charge in [-0.3, -0.25) is 9.89 Å². The molecule has 1 atom stereocenters. The number of carboxylic acids is 1. The van der Waals surface area contributed by atoms with Crippen molar-refractivity contribution in [3.05, 3.63) is 18.0 Å². The summed E-state index contributed by atoms with van der Waals surface area (Å²) in [6.45, 7) is 0.365. The molecule has 1 unspecified atom stereocenters. The second-order valence-corrected chi connectivity index (χ2v) is 3.35. The van der Waals surface area contributed by atoms with Gasteiger partial charge in [-0.2, -0.15) is 18.3 Å². The first-order valence-electron chi connectivity index (χ1n) is 4.30. The smallest absolute Gasteiger partial charge is 0.422 e. The minimum atomic E-state index is -5.12. The number of halogens is 3. The summed E-state index contributed by atoms with van der Waals surface area (Å²) in [6.07, 6.45) is -3.96. The molecule has 94 valence electrons. The Morgan fingerprint density at radius 3 is 2.41 bits per heavy atom. The Hall–Kier alpha value is -2.06. The van der Waals surface area contributed by atoms with Crippen molar-refractivity contribution >= 4 is 11.9 Å². The van der Waals surface area contributed by atoms with Crippen LogP contribution in [0.4, 0.5) is 13.2 Å². The van der Waals surface area contributed by atoms with Crippen LogP contribution in [0.1, 0.15) is 17.4 Å². The fourth-order valence-electron chi connectivity index (χ4n) is 0.922. The molecule has 0 aliphatic rings. The number of H-pyrrole nitrogens is 1. The van der Waals surface area contributed by atoms with Crippen molar-refractivity contribution in [2.24, 2.45) is 0 Å². The third kappa shape index (κ3) is 2.37. The first kappa shape index (κ1) is 13.0. The van der Waals surface area contributed by atoms with Gasteiger partial charge in [0.05, 0.1) is 0 Å². The lowest BCUT2D eigenvalue weighted by molar-refractivity contribution is -0.203. The third-order valence-corrected chi connectivity index (χ3v) is 2.10. The molecule has 0 spiro atoms. The standard InChI is InChI=1S/C8H8F3N3O3/c1-7(6(16)17,8(9,10)11)13-5(15)4-2-3-12-14-4/h2-3H,1H3,(H,12,14)(H,13,15)(H,16,17). The molecule has 0 saturated heterocycles. The Labute approximate surface area is 92.8 Å². The maximum Gasteiger partial charge on any atom is 0.422 e. The number of aromatic nitrogens is 2. The number of nitrogens with one attached hydrogen (secondary N) is 2. The summed E-state index contributed by atoms with van der Waals surface area (Å²) >= 11 is 0. The number of nitrogens with zero attached hydrogens (tertiary/aromatic N) is 1. The number of carbonyl (C=O) groups excluding carboxylic acids is 1. The highest BCUT2D eigenvalue weighted by atomic mass is 19.4. The second kappa shape index (κ2) is 4.07. The van der Waals surface area contributed by atoms with Crippen LogP contribution in [-0.4, -0.2) is 38.9 Å². The van der Waals surface area contributed by atoms with Gasteiger partial charge >= 0.3 is 12.1 Å². The molecular formula is C8H8F3N3O3. The van der Waals surface area contributed by atoms with E-state index in [0.717, 1.165) is 12.3 Å². The van der Waals surface area contributed by atoms with Crippen LogP contribution in [0, 0.1) is 0 Å². The molecule has 17 heavy (non-hydrogen) atoms. The van der Waals surface area contributed by atoms with E-state index < -0.39 is 23.6 Å². The molecule has 0 aliphatic heterocycles. The van der Waals surface area contributed by atoms with E-state index in [0.29, 0.717) is 6.92 Å². The maximum absolute atomic E-state index is 12.5. The van der Waals surface area contributed by atoms with Crippen molar-refractivity contribution in [3.63, 3.8) is 0 Å². The quantitative estimate of drug-likeness (QED) is 0.730. The molecule has 0 fully saturated rings. The molecule has 1 heterocycles. The van der Waals surface area contributed by atoms with Gasteiger partial charge in [0.2, 0.25) is 5.54 Å². The molecule has 9 heteroatoms. The zero-order valence-corrected chi connectivity index (χ0v) is 8.50. The Morgan fingerprint density at radius 2 is 2.06 bits per heavy atom. The zero-order chi connectivity index (χ0) is 13.3. The molecule has 1 amide bonds. The van der Waals surface area contributed by atoms with E-state index in [1.54, 1.807) is 0 Å². The number of hydrogen-bond acceptors (Lipinski definition) is 3. The molecule has 0 aromatic carbocycles. The molecule has 1 aromatic heterocycles. The van der Waals surface area contributed by atoms with Gasteiger partial charge in [-0.15, -0.1) is 0 Å². The number of carboxylic acid groups (broad SMARTS) is 1. The molecule has 0 radical (unpaired) electrons. The number of alkyl halides is 3. The largest absolute Gasteiger partial charge is 0.479 e. The topological polar surface area (TPSA) is 95.1 Å². The van der Waals surface area contributed by atoms with Crippen LogP contribution in [0.5, 0.6) is 0 Å². The summed E-state index contributed by atoms with van der Waals surface area (Å²) in [5.41, 5.74) is -3.61. The highest BCUT2D eigenvalue weighted by Gasteiger charge is 2.58. The summed E-state index contributed by atoms with van der Waals surface area (Å²) in [4.78, 5) is 21.9. The van der Waals surface area contributed by atoms with Crippen molar-refractivity contribution in [2.45, 2.75) is 18.6 Å². The fourth-order valence-corrected chi connectivity index (χ4v) is 0.922. The molecule has 1 aromatic rings. The van der Waals surface area contributed by atoms with Gasteiger partial charge in [0.1, 0.15) is 5.69 Å². The summed E-state index contributed by atoms with van der Waals surface area (Å²) in [6, 6.07) is 1.12. The molecule has 1 rings (SSSR count). The fraction of sp³-hybridized carbons (Fsp3) is 0.375. The maximum atomic E-state index is 12.5. The third-order valence-electron chi connectivity index (χ3n) is 2.10. The van der Waals surface area contributed by atoms with Crippen molar-refractivity contribution in [1.82, 2.24) is 15.5 Å². The molecule has 3 N–H and O–H groups in total. The van der Waals surface area contributed by atoms with Crippen LogP contribution in [-0.2, 0) is 4.79 Å². The van der Waals surface area contributed by atoms with Crippen LogP contribution < -0.4 is 5.32 Å². The predicted octanol–water partition coefficient (Wildman–Crippen LogP) is 0.545. The monoisotopic (exact) mass is 251 g/mol. The van der Waals surface area contributed by atoms with Gasteiger partial charge in [0.15, 0.2) is 0 Å². The van der Waals surface area contributed by atoms with Crippen LogP contribution in [0.25, 0.3) is 0 Å². The van der Waals surface area contributed by atoms with Crippen molar-refractivity contribution < 1.29 is 27.9 Å². The highest BCUT2D eigenvalue weighted by Crippen LogP contribution is 2.30. The van der Waals surface area contributed by atoms with E-state index in [-0.39, 0.29) is 5.69 Å². The number of aromatic amines is 1. The van der Waals surface area contributed by atoms with E-state index in [1.807, 2.05) is 0 Å². The lowest BCUT2D eigenvalue weighted by Crippen LogP contribution is -2.61. The van der Waals surface area contributed by atoms with Gasteiger partial charge in [-0.05, 0) is 13.0 Å². The van der Waals surface area contributed by atoms with E-state index in [9.17, 15) is 22.8 Å². The highest BCUT2D eigenvalue weighted by molar-refractivity contribution is 5.96. The van der Waals surface area contributed by atoms with Crippen molar-refractivity contribution in [1.29, 1.82) is 0 Å². The summed E-state index contributed by atoms with van der Waals surface area (Å²) in [5, 5.41) is 15.4. The lowest BCUT2D eigenvalue weighted by atomic mass is 10.0. The minimum Gasteiger partial charge on any atom is -0.479 e. The Kier molecular flexibility index (Phi) is 3.12. The van der Waals surface area contributed by atoms with Gasteiger partial charge in [0, 0.05) is 6.20 Å².